The highest BCUT2D eigenvalue weighted by Crippen LogP contribution is 2.23. The number of hydrogen-bond donors (Lipinski definition) is 2. The molecule has 27 heavy (non-hydrogen) atoms. The van der Waals surface area contributed by atoms with Gasteiger partial charge in [-0.05, 0) is 38.1 Å². The van der Waals surface area contributed by atoms with E-state index in [9.17, 15) is 4.79 Å². The number of benzene rings is 1. The third-order valence-corrected chi connectivity index (χ3v) is 4.25. The number of aryl methyl sites for hydroxylation is 1. The molecular formula is C20H23N5O2. The van der Waals surface area contributed by atoms with Gasteiger partial charge in [-0.2, -0.15) is 0 Å². The summed E-state index contributed by atoms with van der Waals surface area (Å²) < 4.78 is 7.35. The molecule has 140 valence electrons. The number of ether oxygens (including phenoxy) is 1. The zero-order valence-corrected chi connectivity index (χ0v) is 15.7. The SMILES string of the molecule is COc1cccc(-n2c(C)cc(C(=O)NCCNc3ncccn3)c2C)c1. The molecule has 0 unspecified atom stereocenters. The lowest BCUT2D eigenvalue weighted by Crippen LogP contribution is -2.29. The lowest BCUT2D eigenvalue weighted by Gasteiger charge is -2.11. The molecule has 0 radical (unpaired) electrons. The third kappa shape index (κ3) is 4.25. The molecule has 7 nitrogen and oxygen atoms in total. The van der Waals surface area contributed by atoms with Crippen molar-refractivity contribution in [2.24, 2.45) is 0 Å². The van der Waals surface area contributed by atoms with Crippen LogP contribution in [0.1, 0.15) is 21.7 Å². The molecule has 0 saturated carbocycles. The van der Waals surface area contributed by atoms with Crippen molar-refractivity contribution in [3.05, 3.63) is 65.7 Å². The Bertz CT molecular complexity index is 921. The number of rotatable bonds is 7. The van der Waals surface area contributed by atoms with E-state index in [1.807, 2.05) is 48.7 Å². The summed E-state index contributed by atoms with van der Waals surface area (Å²) in [5.74, 6) is 1.22. The maximum Gasteiger partial charge on any atom is 0.253 e. The summed E-state index contributed by atoms with van der Waals surface area (Å²) in [5.41, 5.74) is 3.50. The van der Waals surface area contributed by atoms with Crippen LogP contribution in [0.15, 0.2) is 48.8 Å². The highest BCUT2D eigenvalue weighted by molar-refractivity contribution is 5.95. The van der Waals surface area contributed by atoms with E-state index >= 15 is 0 Å². The Morgan fingerprint density at radius 3 is 2.63 bits per heavy atom. The van der Waals surface area contributed by atoms with E-state index in [4.69, 9.17) is 4.74 Å². The number of anilines is 1. The topological polar surface area (TPSA) is 81.1 Å². The molecule has 0 fully saturated rings. The fraction of sp³-hybridized carbons (Fsp3) is 0.250. The average molecular weight is 365 g/mol. The van der Waals surface area contributed by atoms with Crippen molar-refractivity contribution in [1.82, 2.24) is 19.9 Å². The van der Waals surface area contributed by atoms with Crippen LogP contribution < -0.4 is 15.4 Å². The third-order valence-electron chi connectivity index (χ3n) is 4.25. The van der Waals surface area contributed by atoms with Crippen molar-refractivity contribution in [1.29, 1.82) is 0 Å². The van der Waals surface area contributed by atoms with Gasteiger partial charge in [-0.3, -0.25) is 4.79 Å². The molecule has 0 aliphatic rings. The zero-order chi connectivity index (χ0) is 19.2. The van der Waals surface area contributed by atoms with Crippen molar-refractivity contribution < 1.29 is 9.53 Å². The molecule has 0 atom stereocenters. The van der Waals surface area contributed by atoms with Crippen LogP contribution in [0.25, 0.3) is 5.69 Å². The van der Waals surface area contributed by atoms with Crippen LogP contribution in [0.3, 0.4) is 0 Å². The van der Waals surface area contributed by atoms with Gasteiger partial charge >= 0.3 is 0 Å². The number of nitrogens with one attached hydrogen (secondary N) is 2. The van der Waals surface area contributed by atoms with Crippen LogP contribution in [-0.4, -0.2) is 40.6 Å². The normalized spacial score (nSPS) is 10.5. The first-order valence-electron chi connectivity index (χ1n) is 8.72. The Kier molecular flexibility index (Phi) is 5.71. The van der Waals surface area contributed by atoms with Crippen molar-refractivity contribution in [2.45, 2.75) is 13.8 Å². The second-order valence-electron chi connectivity index (χ2n) is 6.08. The van der Waals surface area contributed by atoms with Crippen LogP contribution in [0.5, 0.6) is 5.75 Å². The van der Waals surface area contributed by atoms with Crippen LogP contribution in [0, 0.1) is 13.8 Å². The maximum absolute atomic E-state index is 12.6. The van der Waals surface area contributed by atoms with Gasteiger partial charge in [-0.1, -0.05) is 6.07 Å². The fourth-order valence-corrected chi connectivity index (χ4v) is 2.98. The number of nitrogens with zero attached hydrogens (tertiary/aromatic N) is 3. The van der Waals surface area contributed by atoms with Crippen LogP contribution in [-0.2, 0) is 0 Å². The summed E-state index contributed by atoms with van der Waals surface area (Å²) in [6, 6.07) is 11.4. The van der Waals surface area contributed by atoms with Gasteiger partial charge in [-0.25, -0.2) is 9.97 Å². The predicted molar refractivity (Wildman–Crippen MR) is 105 cm³/mol. The Labute approximate surface area is 158 Å². The second-order valence-corrected chi connectivity index (χ2v) is 6.08. The molecule has 1 amide bonds. The molecule has 0 spiro atoms. The standard InChI is InChI=1S/C20H23N5O2/c1-14-12-18(15(2)25(14)16-6-4-7-17(13-16)27-3)19(26)21-10-11-24-20-22-8-5-9-23-20/h4-9,12-13H,10-11H2,1-3H3,(H,21,26)(H,22,23,24). The number of amides is 1. The van der Waals surface area contributed by atoms with Gasteiger partial charge in [0.05, 0.1) is 12.7 Å². The van der Waals surface area contributed by atoms with Gasteiger partial charge in [0.15, 0.2) is 0 Å². The van der Waals surface area contributed by atoms with E-state index in [1.54, 1.807) is 25.6 Å². The predicted octanol–water partition coefficient (Wildman–Crippen LogP) is 2.73. The minimum Gasteiger partial charge on any atom is -0.497 e. The molecule has 0 aliphatic heterocycles. The zero-order valence-electron chi connectivity index (χ0n) is 15.7. The Morgan fingerprint density at radius 1 is 1.11 bits per heavy atom. The highest BCUT2D eigenvalue weighted by Gasteiger charge is 2.16. The highest BCUT2D eigenvalue weighted by atomic mass is 16.5. The summed E-state index contributed by atoms with van der Waals surface area (Å²) in [5, 5.41) is 5.99. The van der Waals surface area contributed by atoms with E-state index in [2.05, 4.69) is 20.6 Å². The first-order chi connectivity index (χ1) is 13.1. The first kappa shape index (κ1) is 18.4. The summed E-state index contributed by atoms with van der Waals surface area (Å²) in [6.45, 7) is 4.94. The summed E-state index contributed by atoms with van der Waals surface area (Å²) in [4.78, 5) is 20.8. The molecule has 0 saturated heterocycles. The van der Waals surface area contributed by atoms with Crippen molar-refractivity contribution in [3.63, 3.8) is 0 Å². The molecule has 2 aromatic heterocycles. The van der Waals surface area contributed by atoms with Gasteiger partial charge in [0.25, 0.3) is 5.91 Å². The molecule has 7 heteroatoms. The van der Waals surface area contributed by atoms with Gasteiger partial charge in [0.1, 0.15) is 5.75 Å². The van der Waals surface area contributed by atoms with Crippen LogP contribution >= 0.6 is 0 Å². The lowest BCUT2D eigenvalue weighted by molar-refractivity contribution is 0.0954. The quantitative estimate of drug-likeness (QED) is 0.629. The smallest absolute Gasteiger partial charge is 0.253 e. The van der Waals surface area contributed by atoms with Crippen LogP contribution in [0.2, 0.25) is 0 Å². The van der Waals surface area contributed by atoms with Crippen molar-refractivity contribution in [2.75, 3.05) is 25.5 Å². The minimum absolute atomic E-state index is 0.104. The van der Waals surface area contributed by atoms with E-state index in [0.29, 0.717) is 24.6 Å². The molecule has 2 heterocycles. The maximum atomic E-state index is 12.6. The van der Waals surface area contributed by atoms with Gasteiger partial charge < -0.3 is 19.9 Å². The van der Waals surface area contributed by atoms with E-state index in [1.165, 1.54) is 0 Å². The second kappa shape index (κ2) is 8.35. The average Bonchev–Trinajstić information content (AvgIpc) is 3.00. The Hall–Kier alpha value is -3.35. The number of carbonyl (C=O) groups is 1. The monoisotopic (exact) mass is 365 g/mol. The molecule has 3 aromatic rings. The van der Waals surface area contributed by atoms with Crippen molar-refractivity contribution in [3.8, 4) is 11.4 Å². The summed E-state index contributed by atoms with van der Waals surface area (Å²) >= 11 is 0. The van der Waals surface area contributed by atoms with E-state index in [-0.39, 0.29) is 5.91 Å². The van der Waals surface area contributed by atoms with E-state index < -0.39 is 0 Å². The number of aromatic nitrogens is 3. The molecule has 3 rings (SSSR count). The first-order valence-corrected chi connectivity index (χ1v) is 8.72. The summed E-state index contributed by atoms with van der Waals surface area (Å²) in [6.07, 6.45) is 3.34. The number of carbonyl (C=O) groups excluding carboxylic acids is 1. The van der Waals surface area contributed by atoms with Crippen molar-refractivity contribution >= 4 is 11.9 Å². The minimum atomic E-state index is -0.104. The van der Waals surface area contributed by atoms with Gasteiger partial charge in [0, 0.05) is 48.6 Å². The van der Waals surface area contributed by atoms with Crippen LogP contribution in [0.4, 0.5) is 5.95 Å². The lowest BCUT2D eigenvalue weighted by atomic mass is 10.2. The molecule has 0 aliphatic carbocycles. The molecule has 0 bridgehead atoms. The molecule has 2 N–H and O–H groups in total. The Morgan fingerprint density at radius 2 is 1.89 bits per heavy atom. The molecular weight excluding hydrogens is 342 g/mol. The Balaban J connectivity index is 1.67. The van der Waals surface area contributed by atoms with E-state index in [0.717, 1.165) is 22.8 Å². The van der Waals surface area contributed by atoms with Gasteiger partial charge in [-0.15, -0.1) is 0 Å². The number of methoxy groups -OCH3 is 1. The largest absolute Gasteiger partial charge is 0.497 e. The van der Waals surface area contributed by atoms with Gasteiger partial charge in [0.2, 0.25) is 5.95 Å². The summed E-state index contributed by atoms with van der Waals surface area (Å²) in [7, 11) is 1.64. The molecule has 1 aromatic carbocycles. The number of hydrogen-bond acceptors (Lipinski definition) is 5. The fourth-order valence-electron chi connectivity index (χ4n) is 2.98.